The molecule has 0 saturated heterocycles. The molecule has 2 aliphatic carbocycles. The molecule has 17 heavy (non-hydrogen) atoms. The zero-order valence-corrected chi connectivity index (χ0v) is 11.3. The van der Waals surface area contributed by atoms with Gasteiger partial charge >= 0.3 is 0 Å². The van der Waals surface area contributed by atoms with Crippen LogP contribution in [0.3, 0.4) is 0 Å². The molecule has 2 N–H and O–H groups in total. The number of hydrogen-bond acceptors (Lipinski definition) is 4. The highest BCUT2D eigenvalue weighted by Crippen LogP contribution is 2.48. The van der Waals surface area contributed by atoms with Crippen molar-refractivity contribution in [2.45, 2.75) is 44.4 Å². The van der Waals surface area contributed by atoms with E-state index < -0.39 is 0 Å². The Kier molecular flexibility index (Phi) is 2.99. The van der Waals surface area contributed by atoms with E-state index in [-0.39, 0.29) is 0 Å². The van der Waals surface area contributed by atoms with Crippen molar-refractivity contribution in [3.63, 3.8) is 0 Å². The van der Waals surface area contributed by atoms with Crippen LogP contribution in [0.5, 0.6) is 0 Å². The van der Waals surface area contributed by atoms with E-state index in [1.165, 1.54) is 55.6 Å². The van der Waals surface area contributed by atoms with Crippen LogP contribution in [0.2, 0.25) is 0 Å². The lowest BCUT2D eigenvalue weighted by Crippen LogP contribution is -2.24. The number of nitrogens with zero attached hydrogens (tertiary/aromatic N) is 2. The fourth-order valence-corrected chi connectivity index (χ4v) is 3.86. The van der Waals surface area contributed by atoms with Gasteiger partial charge in [0, 0.05) is 19.2 Å². The van der Waals surface area contributed by atoms with Gasteiger partial charge in [0.25, 0.3) is 0 Å². The van der Waals surface area contributed by atoms with Gasteiger partial charge in [0.15, 0.2) is 0 Å². The summed E-state index contributed by atoms with van der Waals surface area (Å²) < 4.78 is 4.35. The van der Waals surface area contributed by atoms with E-state index in [9.17, 15) is 0 Å². The van der Waals surface area contributed by atoms with Crippen LogP contribution in [-0.4, -0.2) is 18.0 Å². The predicted octanol–water partition coefficient (Wildman–Crippen LogP) is 3.23. The van der Waals surface area contributed by atoms with Gasteiger partial charge in [0.2, 0.25) is 0 Å². The number of nitrogens with two attached hydrogens (primary N) is 1. The highest BCUT2D eigenvalue weighted by atomic mass is 32.1. The van der Waals surface area contributed by atoms with Gasteiger partial charge in [-0.25, -0.2) is 0 Å². The second-order valence-electron chi connectivity index (χ2n) is 5.59. The SMILES string of the molecule is CN(CC1CCCC1)c1snc(N)c1C1CC1. The molecular formula is C13H21N3S. The Labute approximate surface area is 107 Å². The standard InChI is InChI=1S/C13H21N3S/c1-16(8-9-4-2-3-5-9)13-11(10-6-7-10)12(14)15-17-13/h9-10H,2-8H2,1H3,(H2,14,15). The molecule has 0 atom stereocenters. The molecule has 4 heteroatoms. The maximum Gasteiger partial charge on any atom is 0.142 e. The van der Waals surface area contributed by atoms with Crippen LogP contribution in [0.25, 0.3) is 0 Å². The number of hydrogen-bond donors (Lipinski definition) is 1. The minimum Gasteiger partial charge on any atom is -0.383 e. The molecule has 0 aliphatic heterocycles. The molecule has 2 aliphatic rings. The van der Waals surface area contributed by atoms with Gasteiger partial charge in [-0.15, -0.1) is 0 Å². The summed E-state index contributed by atoms with van der Waals surface area (Å²) in [4.78, 5) is 2.40. The Balaban J connectivity index is 1.73. The van der Waals surface area contributed by atoms with Gasteiger partial charge in [-0.05, 0) is 49.1 Å². The Hall–Kier alpha value is -0.770. The van der Waals surface area contributed by atoms with Gasteiger partial charge in [-0.2, -0.15) is 4.37 Å². The molecule has 0 unspecified atom stereocenters. The van der Waals surface area contributed by atoms with Crippen LogP contribution in [0.1, 0.15) is 50.0 Å². The smallest absolute Gasteiger partial charge is 0.142 e. The van der Waals surface area contributed by atoms with Crippen LogP contribution in [0.4, 0.5) is 10.8 Å². The van der Waals surface area contributed by atoms with Crippen molar-refractivity contribution in [1.29, 1.82) is 0 Å². The van der Waals surface area contributed by atoms with Crippen LogP contribution in [0.15, 0.2) is 0 Å². The average molecular weight is 251 g/mol. The van der Waals surface area contributed by atoms with Crippen molar-refractivity contribution in [2.24, 2.45) is 5.92 Å². The van der Waals surface area contributed by atoms with E-state index in [1.54, 1.807) is 11.5 Å². The lowest BCUT2D eigenvalue weighted by Gasteiger charge is -2.22. The second-order valence-corrected chi connectivity index (χ2v) is 6.34. The molecule has 3 nitrogen and oxygen atoms in total. The summed E-state index contributed by atoms with van der Waals surface area (Å²) >= 11 is 1.59. The first-order valence-corrected chi connectivity index (χ1v) is 7.49. The van der Waals surface area contributed by atoms with E-state index in [0.29, 0.717) is 5.92 Å². The molecule has 0 radical (unpaired) electrons. The van der Waals surface area contributed by atoms with Gasteiger partial charge in [-0.3, -0.25) is 0 Å². The molecule has 0 bridgehead atoms. The van der Waals surface area contributed by atoms with Crippen molar-refractivity contribution < 1.29 is 0 Å². The maximum absolute atomic E-state index is 6.00. The summed E-state index contributed by atoms with van der Waals surface area (Å²) in [7, 11) is 2.21. The molecule has 1 aromatic rings. The second kappa shape index (κ2) is 4.48. The summed E-state index contributed by atoms with van der Waals surface area (Å²) in [5.74, 6) is 2.37. The lowest BCUT2D eigenvalue weighted by molar-refractivity contribution is 0.548. The van der Waals surface area contributed by atoms with E-state index in [0.717, 1.165) is 11.7 Å². The van der Waals surface area contributed by atoms with Crippen molar-refractivity contribution in [3.05, 3.63) is 5.56 Å². The van der Waals surface area contributed by atoms with Gasteiger partial charge in [-0.1, -0.05) is 12.8 Å². The van der Waals surface area contributed by atoms with Crippen LogP contribution >= 0.6 is 11.5 Å². The number of rotatable bonds is 4. The average Bonchev–Trinajstić information content (AvgIpc) is 2.86. The highest BCUT2D eigenvalue weighted by molar-refractivity contribution is 7.10. The van der Waals surface area contributed by atoms with Crippen molar-refractivity contribution >= 4 is 22.4 Å². The molecular weight excluding hydrogens is 230 g/mol. The Morgan fingerprint density at radius 3 is 2.65 bits per heavy atom. The maximum atomic E-state index is 6.00. The molecule has 0 aromatic carbocycles. The Bertz CT molecular complexity index is 391. The van der Waals surface area contributed by atoms with E-state index in [1.807, 2.05) is 0 Å². The monoisotopic (exact) mass is 251 g/mol. The van der Waals surface area contributed by atoms with E-state index in [2.05, 4.69) is 16.3 Å². The topological polar surface area (TPSA) is 42.2 Å². The molecule has 1 aromatic heterocycles. The Morgan fingerprint density at radius 1 is 1.29 bits per heavy atom. The summed E-state index contributed by atoms with van der Waals surface area (Å²) in [5, 5.41) is 1.33. The summed E-state index contributed by atoms with van der Waals surface area (Å²) in [6.07, 6.45) is 8.23. The molecule has 0 spiro atoms. The molecule has 2 saturated carbocycles. The fraction of sp³-hybridized carbons (Fsp3) is 0.769. The molecule has 2 fully saturated rings. The van der Waals surface area contributed by atoms with Crippen LogP contribution in [0, 0.1) is 5.92 Å². The van der Waals surface area contributed by atoms with E-state index in [4.69, 9.17) is 5.73 Å². The minimum atomic E-state index is 0.703. The van der Waals surface area contributed by atoms with E-state index >= 15 is 0 Å². The first-order chi connectivity index (χ1) is 8.25. The number of anilines is 2. The fourth-order valence-electron chi connectivity index (χ4n) is 2.99. The summed E-state index contributed by atoms with van der Waals surface area (Å²) in [5.41, 5.74) is 7.34. The molecule has 0 amide bonds. The van der Waals surface area contributed by atoms with Crippen molar-refractivity contribution in [1.82, 2.24) is 4.37 Å². The highest BCUT2D eigenvalue weighted by Gasteiger charge is 2.32. The first-order valence-electron chi connectivity index (χ1n) is 6.72. The van der Waals surface area contributed by atoms with Gasteiger partial charge < -0.3 is 10.6 Å². The number of aromatic nitrogens is 1. The Morgan fingerprint density at radius 2 is 2.00 bits per heavy atom. The minimum absolute atomic E-state index is 0.703. The molecule has 1 heterocycles. The first kappa shape index (κ1) is 11.3. The van der Waals surface area contributed by atoms with Crippen LogP contribution in [-0.2, 0) is 0 Å². The van der Waals surface area contributed by atoms with Crippen LogP contribution < -0.4 is 10.6 Å². The summed E-state index contributed by atoms with van der Waals surface area (Å²) in [6, 6.07) is 0. The third kappa shape index (κ3) is 2.28. The zero-order valence-electron chi connectivity index (χ0n) is 10.5. The molecule has 94 valence electrons. The number of nitrogen functional groups attached to an aromatic ring is 1. The van der Waals surface area contributed by atoms with Crippen molar-refractivity contribution in [3.8, 4) is 0 Å². The normalized spacial score (nSPS) is 21.0. The van der Waals surface area contributed by atoms with Gasteiger partial charge in [0.05, 0.1) is 0 Å². The molecule has 3 rings (SSSR count). The summed E-state index contributed by atoms with van der Waals surface area (Å²) in [6.45, 7) is 1.18. The van der Waals surface area contributed by atoms with Crippen molar-refractivity contribution in [2.75, 3.05) is 24.2 Å². The quantitative estimate of drug-likeness (QED) is 0.893. The van der Waals surface area contributed by atoms with Gasteiger partial charge in [0.1, 0.15) is 10.8 Å². The largest absolute Gasteiger partial charge is 0.383 e. The zero-order chi connectivity index (χ0) is 11.8. The third-order valence-corrected chi connectivity index (χ3v) is 5.07. The third-order valence-electron chi connectivity index (χ3n) is 4.08. The predicted molar refractivity (Wildman–Crippen MR) is 73.7 cm³/mol. The lowest BCUT2D eigenvalue weighted by atomic mass is 10.1.